The van der Waals surface area contributed by atoms with E-state index in [9.17, 15) is 4.79 Å². The molecule has 0 aliphatic carbocycles. The molecule has 1 aromatic carbocycles. The molecule has 0 spiro atoms. The normalized spacial score (nSPS) is 22.2. The van der Waals surface area contributed by atoms with Crippen LogP contribution in [0.2, 0.25) is 0 Å². The minimum absolute atomic E-state index is 0.186. The maximum absolute atomic E-state index is 13.3. The first-order chi connectivity index (χ1) is 12.7. The van der Waals surface area contributed by atoms with Crippen LogP contribution in [0.15, 0.2) is 36.4 Å². The molecule has 3 heterocycles. The van der Waals surface area contributed by atoms with E-state index in [-0.39, 0.29) is 11.9 Å². The molecule has 2 unspecified atom stereocenters. The van der Waals surface area contributed by atoms with Crippen molar-refractivity contribution in [3.05, 3.63) is 42.0 Å². The topological polar surface area (TPSA) is 58.6 Å². The number of piperidine rings is 1. The van der Waals surface area contributed by atoms with Crippen molar-refractivity contribution in [2.75, 3.05) is 25.1 Å². The summed E-state index contributed by atoms with van der Waals surface area (Å²) in [5.74, 6) is 1.89. The number of anilines is 2. The number of hydrogen-bond acceptors (Lipinski definition) is 5. The summed E-state index contributed by atoms with van der Waals surface area (Å²) in [6.07, 6.45) is 2.98. The number of likely N-dealkylation sites (tertiary alicyclic amines) is 1. The van der Waals surface area contributed by atoms with E-state index in [0.717, 1.165) is 25.2 Å². The van der Waals surface area contributed by atoms with Gasteiger partial charge in [0.1, 0.15) is 6.04 Å². The Morgan fingerprint density at radius 1 is 1.19 bits per heavy atom. The van der Waals surface area contributed by atoms with E-state index in [0.29, 0.717) is 24.0 Å². The van der Waals surface area contributed by atoms with Crippen molar-refractivity contribution >= 4 is 17.4 Å². The van der Waals surface area contributed by atoms with Crippen LogP contribution in [0.1, 0.15) is 25.3 Å². The van der Waals surface area contributed by atoms with Crippen molar-refractivity contribution < 1.29 is 9.53 Å². The lowest BCUT2D eigenvalue weighted by Crippen LogP contribution is -2.49. The van der Waals surface area contributed by atoms with E-state index >= 15 is 0 Å². The number of carbonyl (C=O) groups is 1. The third-order valence-electron chi connectivity index (χ3n) is 5.31. The van der Waals surface area contributed by atoms with E-state index in [1.54, 1.807) is 13.2 Å². The summed E-state index contributed by atoms with van der Waals surface area (Å²) >= 11 is 0. The van der Waals surface area contributed by atoms with Gasteiger partial charge in [0.05, 0.1) is 7.11 Å². The molecular formula is C20H24N4O2. The van der Waals surface area contributed by atoms with Crippen LogP contribution in [0.5, 0.6) is 5.88 Å². The number of fused-ring (bicyclic) bond motifs is 1. The van der Waals surface area contributed by atoms with Gasteiger partial charge in [-0.05, 0) is 36.5 Å². The SMILES string of the molecule is COc1ccc(N2c3ccccc3CC2C(=O)N2CCCC(C)C2)nn1. The minimum Gasteiger partial charge on any atom is -0.480 e. The molecule has 2 aliphatic rings. The van der Waals surface area contributed by atoms with Gasteiger partial charge < -0.3 is 14.5 Å². The van der Waals surface area contributed by atoms with Crippen molar-refractivity contribution in [2.24, 2.45) is 5.92 Å². The number of rotatable bonds is 3. The summed E-state index contributed by atoms with van der Waals surface area (Å²) in [5, 5.41) is 8.40. The van der Waals surface area contributed by atoms with Crippen molar-refractivity contribution in [1.29, 1.82) is 0 Å². The zero-order chi connectivity index (χ0) is 18.1. The summed E-state index contributed by atoms with van der Waals surface area (Å²) in [7, 11) is 1.57. The zero-order valence-electron chi connectivity index (χ0n) is 15.3. The van der Waals surface area contributed by atoms with Crippen LogP contribution >= 0.6 is 0 Å². The predicted octanol–water partition coefficient (Wildman–Crippen LogP) is 2.81. The van der Waals surface area contributed by atoms with Gasteiger partial charge in [0.25, 0.3) is 0 Å². The third-order valence-corrected chi connectivity index (χ3v) is 5.31. The van der Waals surface area contributed by atoms with Crippen molar-refractivity contribution in [2.45, 2.75) is 32.2 Å². The van der Waals surface area contributed by atoms with Gasteiger partial charge in [-0.25, -0.2) is 0 Å². The van der Waals surface area contributed by atoms with Crippen LogP contribution in [-0.4, -0.2) is 47.2 Å². The largest absolute Gasteiger partial charge is 0.480 e. The molecule has 2 aliphatic heterocycles. The molecule has 6 heteroatoms. The van der Waals surface area contributed by atoms with Crippen LogP contribution in [0, 0.1) is 5.92 Å². The highest BCUT2D eigenvalue weighted by molar-refractivity contribution is 5.91. The highest BCUT2D eigenvalue weighted by Gasteiger charge is 2.39. The zero-order valence-corrected chi connectivity index (χ0v) is 15.3. The second-order valence-corrected chi connectivity index (χ2v) is 7.18. The summed E-state index contributed by atoms with van der Waals surface area (Å²) in [5.41, 5.74) is 2.21. The lowest BCUT2D eigenvalue weighted by atomic mass is 9.99. The Balaban J connectivity index is 1.67. The lowest BCUT2D eigenvalue weighted by Gasteiger charge is -2.35. The number of methoxy groups -OCH3 is 1. The summed E-state index contributed by atoms with van der Waals surface area (Å²) in [6, 6.07) is 11.5. The fourth-order valence-electron chi connectivity index (χ4n) is 4.02. The molecule has 0 radical (unpaired) electrons. The smallest absolute Gasteiger partial charge is 0.246 e. The number of carbonyl (C=O) groups excluding carboxylic acids is 1. The van der Waals surface area contributed by atoms with Crippen molar-refractivity contribution in [3.63, 3.8) is 0 Å². The molecule has 0 N–H and O–H groups in total. The maximum atomic E-state index is 13.3. The molecule has 2 atom stereocenters. The van der Waals surface area contributed by atoms with Crippen molar-refractivity contribution in [3.8, 4) is 5.88 Å². The Kier molecular flexibility index (Phi) is 4.49. The van der Waals surface area contributed by atoms with Crippen LogP contribution in [0.4, 0.5) is 11.5 Å². The summed E-state index contributed by atoms with van der Waals surface area (Å²) in [4.78, 5) is 17.4. The Bertz CT molecular complexity index is 793. The standard InChI is InChI=1S/C20H24N4O2/c1-14-6-5-11-23(13-14)20(25)17-12-15-7-3-4-8-16(15)24(17)18-9-10-19(26-2)22-21-18/h3-4,7-10,14,17H,5-6,11-13H2,1-2H3. The number of ether oxygens (including phenoxy) is 1. The Morgan fingerprint density at radius 2 is 2.04 bits per heavy atom. The average Bonchev–Trinajstić information content (AvgIpc) is 3.07. The Morgan fingerprint density at radius 3 is 2.77 bits per heavy atom. The molecule has 2 aromatic rings. The molecule has 1 amide bonds. The number of para-hydroxylation sites is 1. The highest BCUT2D eigenvalue weighted by atomic mass is 16.5. The fraction of sp³-hybridized carbons (Fsp3) is 0.450. The molecule has 6 nitrogen and oxygen atoms in total. The summed E-state index contributed by atoms with van der Waals surface area (Å²) in [6.45, 7) is 3.90. The predicted molar refractivity (Wildman–Crippen MR) is 99.6 cm³/mol. The first-order valence-corrected chi connectivity index (χ1v) is 9.21. The first kappa shape index (κ1) is 16.8. The highest BCUT2D eigenvalue weighted by Crippen LogP contribution is 2.38. The van der Waals surface area contributed by atoms with Gasteiger partial charge in [-0.1, -0.05) is 25.1 Å². The second-order valence-electron chi connectivity index (χ2n) is 7.18. The second kappa shape index (κ2) is 6.94. The average molecular weight is 352 g/mol. The quantitative estimate of drug-likeness (QED) is 0.850. The van der Waals surface area contributed by atoms with E-state index in [2.05, 4.69) is 23.2 Å². The fourth-order valence-corrected chi connectivity index (χ4v) is 4.02. The minimum atomic E-state index is -0.264. The molecule has 1 aromatic heterocycles. The maximum Gasteiger partial charge on any atom is 0.246 e. The molecule has 26 heavy (non-hydrogen) atoms. The number of benzene rings is 1. The number of amides is 1. The van der Waals surface area contributed by atoms with Crippen LogP contribution in [0.3, 0.4) is 0 Å². The van der Waals surface area contributed by atoms with Gasteiger partial charge in [0, 0.05) is 31.3 Å². The number of nitrogens with zero attached hydrogens (tertiary/aromatic N) is 4. The molecule has 1 saturated heterocycles. The summed E-state index contributed by atoms with van der Waals surface area (Å²) < 4.78 is 5.12. The molecule has 4 rings (SSSR count). The van der Waals surface area contributed by atoms with E-state index in [1.165, 1.54) is 12.0 Å². The lowest BCUT2D eigenvalue weighted by molar-refractivity contribution is -0.134. The monoisotopic (exact) mass is 352 g/mol. The van der Waals surface area contributed by atoms with Crippen LogP contribution < -0.4 is 9.64 Å². The van der Waals surface area contributed by atoms with Gasteiger partial charge in [0.15, 0.2) is 5.82 Å². The van der Waals surface area contributed by atoms with E-state index < -0.39 is 0 Å². The van der Waals surface area contributed by atoms with Crippen molar-refractivity contribution in [1.82, 2.24) is 15.1 Å². The molecule has 136 valence electrons. The molecule has 0 saturated carbocycles. The van der Waals surface area contributed by atoms with Gasteiger partial charge >= 0.3 is 0 Å². The van der Waals surface area contributed by atoms with E-state index in [1.807, 2.05) is 34.1 Å². The van der Waals surface area contributed by atoms with Crippen LogP contribution in [-0.2, 0) is 11.2 Å². The number of hydrogen-bond donors (Lipinski definition) is 0. The van der Waals surface area contributed by atoms with Gasteiger partial charge in [-0.15, -0.1) is 10.2 Å². The Hall–Kier alpha value is -2.63. The molecule has 0 bridgehead atoms. The molecular weight excluding hydrogens is 328 g/mol. The van der Waals surface area contributed by atoms with Gasteiger partial charge in [0.2, 0.25) is 11.8 Å². The van der Waals surface area contributed by atoms with Gasteiger partial charge in [-0.3, -0.25) is 4.79 Å². The first-order valence-electron chi connectivity index (χ1n) is 9.21. The van der Waals surface area contributed by atoms with Gasteiger partial charge in [-0.2, -0.15) is 0 Å². The van der Waals surface area contributed by atoms with Crippen LogP contribution in [0.25, 0.3) is 0 Å². The Labute approximate surface area is 153 Å². The third kappa shape index (κ3) is 3.00. The van der Waals surface area contributed by atoms with E-state index in [4.69, 9.17) is 4.74 Å². The molecule has 1 fully saturated rings. The number of aromatic nitrogens is 2.